The summed E-state index contributed by atoms with van der Waals surface area (Å²) in [4.78, 5) is 24.0. The molecule has 1 aromatic carbocycles. The smallest absolute Gasteiger partial charge is 0.380 e. The molecular weight excluding hydrogens is 329 g/mol. The average molecular weight is 346 g/mol. The molecule has 0 atom stereocenters. The summed E-state index contributed by atoms with van der Waals surface area (Å²) in [5, 5.41) is 20.7. The number of alkyl halides is 3. The molecule has 9 heteroatoms. The van der Waals surface area contributed by atoms with E-state index < -0.39 is 35.4 Å². The first-order valence-corrected chi connectivity index (χ1v) is 7.45. The molecule has 1 fully saturated rings. The number of hydrogen-bond donors (Lipinski definition) is 1. The number of carbonyl (C=O) groups excluding carboxylic acids is 1. The van der Waals surface area contributed by atoms with E-state index in [9.17, 15) is 33.2 Å². The Labute approximate surface area is 136 Å². The Hall–Kier alpha value is -2.16. The number of piperidine rings is 1. The van der Waals surface area contributed by atoms with Crippen molar-refractivity contribution in [2.75, 3.05) is 13.1 Å². The summed E-state index contributed by atoms with van der Waals surface area (Å²) in [6, 6.07) is 4.05. The van der Waals surface area contributed by atoms with Crippen LogP contribution in [0, 0.1) is 10.1 Å². The SMILES string of the molecule is CCc1ccc(C(=O)N2CCC(O)(C(F)(F)F)CC2)cc1[N+](=O)[O-]. The van der Waals surface area contributed by atoms with E-state index in [1.54, 1.807) is 6.92 Å². The molecule has 1 heterocycles. The molecule has 0 aliphatic carbocycles. The van der Waals surface area contributed by atoms with E-state index in [4.69, 9.17) is 0 Å². The van der Waals surface area contributed by atoms with Gasteiger partial charge in [-0.1, -0.05) is 13.0 Å². The molecule has 6 nitrogen and oxygen atoms in total. The zero-order valence-electron chi connectivity index (χ0n) is 13.0. The predicted molar refractivity (Wildman–Crippen MR) is 78.6 cm³/mol. The van der Waals surface area contributed by atoms with Gasteiger partial charge in [-0.2, -0.15) is 13.2 Å². The van der Waals surface area contributed by atoms with Crippen LogP contribution in [0.2, 0.25) is 0 Å². The lowest BCUT2D eigenvalue weighted by molar-refractivity contribution is -0.385. The highest BCUT2D eigenvalue weighted by Crippen LogP contribution is 2.38. The summed E-state index contributed by atoms with van der Waals surface area (Å²) in [6.45, 7) is 1.21. The number of likely N-dealkylation sites (tertiary alicyclic amines) is 1. The number of aryl methyl sites for hydroxylation is 1. The minimum atomic E-state index is -4.75. The highest BCUT2D eigenvalue weighted by molar-refractivity contribution is 5.95. The maximum absolute atomic E-state index is 12.8. The Morgan fingerprint density at radius 3 is 2.42 bits per heavy atom. The number of benzene rings is 1. The standard InChI is InChI=1S/C15H17F3N2O4/c1-2-10-3-4-11(9-12(10)20(23)24)13(21)19-7-5-14(22,6-8-19)15(16,17)18/h3-4,9,22H,2,5-8H2,1H3. The van der Waals surface area contributed by atoms with Gasteiger partial charge in [-0.05, 0) is 12.5 Å². The summed E-state index contributed by atoms with van der Waals surface area (Å²) >= 11 is 0. The van der Waals surface area contributed by atoms with Crippen LogP contribution in [-0.2, 0) is 6.42 Å². The second-order valence-corrected chi connectivity index (χ2v) is 5.78. The van der Waals surface area contributed by atoms with Crippen molar-refractivity contribution < 1.29 is 28.0 Å². The number of carbonyl (C=O) groups is 1. The lowest BCUT2D eigenvalue weighted by Crippen LogP contribution is -2.54. The molecule has 1 N–H and O–H groups in total. The van der Waals surface area contributed by atoms with Crippen molar-refractivity contribution in [1.82, 2.24) is 4.90 Å². The minimum absolute atomic E-state index is 0.0522. The number of nitro benzene ring substituents is 1. The molecule has 2 rings (SSSR count). The molecule has 0 bridgehead atoms. The Morgan fingerprint density at radius 1 is 1.38 bits per heavy atom. The maximum atomic E-state index is 12.8. The number of nitro groups is 1. The summed E-state index contributed by atoms with van der Waals surface area (Å²) in [5.41, 5.74) is -2.45. The van der Waals surface area contributed by atoms with Gasteiger partial charge in [-0.25, -0.2) is 0 Å². The number of aliphatic hydroxyl groups is 1. The van der Waals surface area contributed by atoms with Gasteiger partial charge in [-0.3, -0.25) is 14.9 Å². The summed E-state index contributed by atoms with van der Waals surface area (Å²) in [6.07, 6.45) is -5.55. The highest BCUT2D eigenvalue weighted by atomic mass is 19.4. The Kier molecular flexibility index (Phi) is 4.84. The molecular formula is C15H17F3N2O4. The molecule has 0 unspecified atom stereocenters. The molecule has 0 aromatic heterocycles. The number of halogens is 3. The molecule has 1 aromatic rings. The molecule has 132 valence electrons. The molecule has 24 heavy (non-hydrogen) atoms. The van der Waals surface area contributed by atoms with Gasteiger partial charge in [0.05, 0.1) is 4.92 Å². The van der Waals surface area contributed by atoms with Crippen molar-refractivity contribution in [3.63, 3.8) is 0 Å². The van der Waals surface area contributed by atoms with Crippen LogP contribution >= 0.6 is 0 Å². The lowest BCUT2D eigenvalue weighted by Gasteiger charge is -2.39. The van der Waals surface area contributed by atoms with Crippen LogP contribution in [0.5, 0.6) is 0 Å². The number of nitrogens with zero attached hydrogens (tertiary/aromatic N) is 2. The van der Waals surface area contributed by atoms with E-state index >= 15 is 0 Å². The monoisotopic (exact) mass is 346 g/mol. The molecule has 1 amide bonds. The van der Waals surface area contributed by atoms with Gasteiger partial charge >= 0.3 is 6.18 Å². The molecule has 1 aliphatic heterocycles. The fourth-order valence-corrected chi connectivity index (χ4v) is 2.71. The van der Waals surface area contributed by atoms with Crippen molar-refractivity contribution in [3.05, 3.63) is 39.4 Å². The highest BCUT2D eigenvalue weighted by Gasteiger charge is 2.54. The van der Waals surface area contributed by atoms with Crippen LogP contribution in [0.3, 0.4) is 0 Å². The van der Waals surface area contributed by atoms with Crippen LogP contribution in [-0.4, -0.2) is 45.7 Å². The van der Waals surface area contributed by atoms with E-state index in [-0.39, 0.29) is 24.3 Å². The number of amides is 1. The van der Waals surface area contributed by atoms with Gasteiger partial charge in [0.1, 0.15) is 0 Å². The normalized spacial score (nSPS) is 17.6. The Balaban J connectivity index is 2.17. The molecule has 1 aliphatic rings. The third kappa shape index (κ3) is 3.35. The van der Waals surface area contributed by atoms with Crippen molar-refractivity contribution in [3.8, 4) is 0 Å². The maximum Gasteiger partial charge on any atom is 0.417 e. The van der Waals surface area contributed by atoms with Crippen LogP contribution < -0.4 is 0 Å². The van der Waals surface area contributed by atoms with Gasteiger partial charge in [0.15, 0.2) is 5.60 Å². The number of hydrogen-bond acceptors (Lipinski definition) is 4. The lowest BCUT2D eigenvalue weighted by atomic mass is 9.90. The summed E-state index contributed by atoms with van der Waals surface area (Å²) in [5.74, 6) is -0.579. The first-order chi connectivity index (χ1) is 11.1. The predicted octanol–water partition coefficient (Wildman–Crippen LogP) is 2.69. The van der Waals surface area contributed by atoms with Crippen molar-refractivity contribution in [2.24, 2.45) is 0 Å². The topological polar surface area (TPSA) is 83.7 Å². The summed E-state index contributed by atoms with van der Waals surface area (Å²) < 4.78 is 38.3. The fourth-order valence-electron chi connectivity index (χ4n) is 2.71. The molecule has 0 saturated carbocycles. The third-order valence-electron chi connectivity index (χ3n) is 4.32. The van der Waals surface area contributed by atoms with Crippen molar-refractivity contribution in [1.29, 1.82) is 0 Å². The van der Waals surface area contributed by atoms with E-state index in [0.717, 1.165) is 6.07 Å². The third-order valence-corrected chi connectivity index (χ3v) is 4.32. The first-order valence-electron chi connectivity index (χ1n) is 7.45. The van der Waals surface area contributed by atoms with E-state index in [2.05, 4.69) is 0 Å². The van der Waals surface area contributed by atoms with Gasteiger partial charge in [0.2, 0.25) is 0 Å². The Bertz CT molecular complexity index is 653. The van der Waals surface area contributed by atoms with Crippen LogP contribution in [0.1, 0.15) is 35.7 Å². The first kappa shape index (κ1) is 18.2. The van der Waals surface area contributed by atoms with Gasteiger partial charge in [-0.15, -0.1) is 0 Å². The van der Waals surface area contributed by atoms with Crippen LogP contribution in [0.15, 0.2) is 18.2 Å². The molecule has 0 radical (unpaired) electrons. The van der Waals surface area contributed by atoms with E-state index in [1.165, 1.54) is 17.0 Å². The quantitative estimate of drug-likeness (QED) is 0.674. The van der Waals surface area contributed by atoms with E-state index in [1.807, 2.05) is 0 Å². The average Bonchev–Trinajstić information content (AvgIpc) is 2.53. The van der Waals surface area contributed by atoms with Crippen LogP contribution in [0.25, 0.3) is 0 Å². The zero-order chi connectivity index (χ0) is 18.1. The fraction of sp³-hybridized carbons (Fsp3) is 0.533. The largest absolute Gasteiger partial charge is 0.417 e. The van der Waals surface area contributed by atoms with Gasteiger partial charge < -0.3 is 10.0 Å². The minimum Gasteiger partial charge on any atom is -0.380 e. The van der Waals surface area contributed by atoms with Crippen molar-refractivity contribution >= 4 is 11.6 Å². The molecule has 1 saturated heterocycles. The second kappa shape index (κ2) is 6.39. The summed E-state index contributed by atoms with van der Waals surface area (Å²) in [7, 11) is 0. The van der Waals surface area contributed by atoms with Gasteiger partial charge in [0, 0.05) is 43.1 Å². The van der Waals surface area contributed by atoms with Gasteiger partial charge in [0.25, 0.3) is 11.6 Å². The zero-order valence-corrected chi connectivity index (χ0v) is 13.0. The van der Waals surface area contributed by atoms with E-state index in [0.29, 0.717) is 12.0 Å². The Morgan fingerprint density at radius 2 is 1.96 bits per heavy atom. The van der Waals surface area contributed by atoms with Crippen LogP contribution in [0.4, 0.5) is 18.9 Å². The van der Waals surface area contributed by atoms with Crippen molar-refractivity contribution in [2.45, 2.75) is 38.0 Å². The molecule has 0 spiro atoms. The number of rotatable bonds is 3. The second-order valence-electron chi connectivity index (χ2n) is 5.78.